The van der Waals surface area contributed by atoms with Gasteiger partial charge in [0.1, 0.15) is 0 Å². The lowest BCUT2D eigenvalue weighted by Crippen LogP contribution is -2.13. The number of benzene rings is 1. The molecule has 0 N–H and O–H groups in total. The SMILES string of the molecule is CC(C)CC[C@@H](CCOCc1ccccc1)C(C)C. The van der Waals surface area contributed by atoms with E-state index < -0.39 is 0 Å². The zero-order valence-electron chi connectivity index (χ0n) is 13.1. The Morgan fingerprint density at radius 1 is 0.895 bits per heavy atom. The molecule has 0 saturated carbocycles. The fraction of sp³-hybridized carbons (Fsp3) is 0.667. The van der Waals surface area contributed by atoms with Gasteiger partial charge in [0.2, 0.25) is 0 Å². The summed E-state index contributed by atoms with van der Waals surface area (Å²) in [6.45, 7) is 10.9. The summed E-state index contributed by atoms with van der Waals surface area (Å²) >= 11 is 0. The first-order valence-electron chi connectivity index (χ1n) is 7.71. The van der Waals surface area contributed by atoms with E-state index in [-0.39, 0.29) is 0 Å². The maximum atomic E-state index is 5.81. The molecule has 1 nitrogen and oxygen atoms in total. The van der Waals surface area contributed by atoms with Gasteiger partial charge < -0.3 is 4.74 Å². The molecule has 1 heteroatoms. The van der Waals surface area contributed by atoms with Gasteiger partial charge in [-0.1, -0.05) is 64.4 Å². The molecule has 19 heavy (non-hydrogen) atoms. The molecule has 0 unspecified atom stereocenters. The van der Waals surface area contributed by atoms with E-state index in [1.807, 2.05) is 6.07 Å². The zero-order chi connectivity index (χ0) is 14.1. The average Bonchev–Trinajstić information content (AvgIpc) is 2.38. The second-order valence-corrected chi connectivity index (χ2v) is 6.30. The van der Waals surface area contributed by atoms with Crippen molar-refractivity contribution in [3.8, 4) is 0 Å². The first kappa shape index (κ1) is 16.2. The predicted octanol–water partition coefficient (Wildman–Crippen LogP) is 5.30. The molecule has 0 aromatic heterocycles. The summed E-state index contributed by atoms with van der Waals surface area (Å²) in [6, 6.07) is 10.4. The minimum absolute atomic E-state index is 0.746. The Morgan fingerprint density at radius 3 is 2.16 bits per heavy atom. The largest absolute Gasteiger partial charge is 0.377 e. The average molecular weight is 262 g/mol. The highest BCUT2D eigenvalue weighted by Crippen LogP contribution is 2.23. The Morgan fingerprint density at radius 2 is 1.58 bits per heavy atom. The van der Waals surface area contributed by atoms with E-state index in [9.17, 15) is 0 Å². The molecule has 0 aliphatic heterocycles. The molecule has 1 atom stereocenters. The Bertz CT molecular complexity index is 316. The Kier molecular flexibility index (Phi) is 7.81. The van der Waals surface area contributed by atoms with E-state index in [4.69, 9.17) is 4.74 Å². The van der Waals surface area contributed by atoms with Crippen molar-refractivity contribution in [3.05, 3.63) is 35.9 Å². The third kappa shape index (κ3) is 7.37. The molecular formula is C18H30O. The summed E-state index contributed by atoms with van der Waals surface area (Å²) in [7, 11) is 0. The van der Waals surface area contributed by atoms with Crippen LogP contribution in [0.2, 0.25) is 0 Å². The molecule has 0 spiro atoms. The van der Waals surface area contributed by atoms with Crippen LogP contribution in [0.4, 0.5) is 0 Å². The Labute approximate surface area is 119 Å². The number of hydrogen-bond donors (Lipinski definition) is 0. The van der Waals surface area contributed by atoms with E-state index in [1.165, 1.54) is 24.8 Å². The zero-order valence-corrected chi connectivity index (χ0v) is 13.1. The van der Waals surface area contributed by atoms with E-state index >= 15 is 0 Å². The van der Waals surface area contributed by atoms with Crippen LogP contribution in [0.3, 0.4) is 0 Å². The number of ether oxygens (including phenoxy) is 1. The summed E-state index contributed by atoms with van der Waals surface area (Å²) < 4.78 is 5.81. The summed E-state index contributed by atoms with van der Waals surface area (Å²) in [5.41, 5.74) is 1.27. The first-order valence-corrected chi connectivity index (χ1v) is 7.71. The Balaban J connectivity index is 2.21. The number of hydrogen-bond acceptors (Lipinski definition) is 1. The lowest BCUT2D eigenvalue weighted by atomic mass is 9.86. The maximum absolute atomic E-state index is 5.81. The molecule has 1 aromatic carbocycles. The molecule has 0 amide bonds. The highest BCUT2D eigenvalue weighted by atomic mass is 16.5. The van der Waals surface area contributed by atoms with Gasteiger partial charge >= 0.3 is 0 Å². The van der Waals surface area contributed by atoms with Crippen molar-refractivity contribution in [3.63, 3.8) is 0 Å². The van der Waals surface area contributed by atoms with Gasteiger partial charge in [0.05, 0.1) is 6.61 Å². The molecule has 0 saturated heterocycles. The predicted molar refractivity (Wildman–Crippen MR) is 83.1 cm³/mol. The highest BCUT2D eigenvalue weighted by molar-refractivity contribution is 5.13. The van der Waals surface area contributed by atoms with Crippen LogP contribution in [-0.4, -0.2) is 6.61 Å². The van der Waals surface area contributed by atoms with E-state index in [0.29, 0.717) is 0 Å². The summed E-state index contributed by atoms with van der Waals surface area (Å²) in [5.74, 6) is 2.38. The molecule has 0 aliphatic rings. The van der Waals surface area contributed by atoms with Crippen LogP contribution >= 0.6 is 0 Å². The summed E-state index contributed by atoms with van der Waals surface area (Å²) in [6.07, 6.45) is 3.86. The monoisotopic (exact) mass is 262 g/mol. The van der Waals surface area contributed by atoms with Crippen molar-refractivity contribution >= 4 is 0 Å². The van der Waals surface area contributed by atoms with Gasteiger partial charge in [-0.05, 0) is 36.2 Å². The summed E-state index contributed by atoms with van der Waals surface area (Å²) in [5, 5.41) is 0. The molecular weight excluding hydrogens is 232 g/mol. The fourth-order valence-electron chi connectivity index (χ4n) is 2.36. The van der Waals surface area contributed by atoms with Crippen LogP contribution in [0.1, 0.15) is 52.5 Å². The quantitative estimate of drug-likeness (QED) is 0.549. The van der Waals surface area contributed by atoms with Crippen molar-refractivity contribution in [2.75, 3.05) is 6.61 Å². The van der Waals surface area contributed by atoms with E-state index in [2.05, 4.69) is 52.0 Å². The fourth-order valence-corrected chi connectivity index (χ4v) is 2.36. The van der Waals surface area contributed by atoms with Gasteiger partial charge in [-0.3, -0.25) is 0 Å². The van der Waals surface area contributed by atoms with Crippen molar-refractivity contribution in [1.82, 2.24) is 0 Å². The summed E-state index contributed by atoms with van der Waals surface area (Å²) in [4.78, 5) is 0. The molecule has 1 rings (SSSR count). The van der Waals surface area contributed by atoms with Crippen LogP contribution in [-0.2, 0) is 11.3 Å². The van der Waals surface area contributed by atoms with Crippen molar-refractivity contribution < 1.29 is 4.74 Å². The highest BCUT2D eigenvalue weighted by Gasteiger charge is 2.13. The van der Waals surface area contributed by atoms with Crippen molar-refractivity contribution in [1.29, 1.82) is 0 Å². The van der Waals surface area contributed by atoms with Crippen LogP contribution in [0, 0.1) is 17.8 Å². The lowest BCUT2D eigenvalue weighted by molar-refractivity contribution is 0.0980. The minimum Gasteiger partial charge on any atom is -0.377 e. The third-order valence-electron chi connectivity index (χ3n) is 3.80. The van der Waals surface area contributed by atoms with Crippen LogP contribution in [0.5, 0.6) is 0 Å². The van der Waals surface area contributed by atoms with Gasteiger partial charge in [0.25, 0.3) is 0 Å². The van der Waals surface area contributed by atoms with Gasteiger partial charge in [0, 0.05) is 6.61 Å². The standard InChI is InChI=1S/C18H30O/c1-15(2)10-11-18(16(3)4)12-13-19-14-17-8-6-5-7-9-17/h5-9,15-16,18H,10-14H2,1-4H3/t18-/m0/s1. The second-order valence-electron chi connectivity index (χ2n) is 6.30. The molecule has 0 bridgehead atoms. The van der Waals surface area contributed by atoms with Crippen molar-refractivity contribution in [2.45, 2.75) is 53.6 Å². The minimum atomic E-state index is 0.746. The van der Waals surface area contributed by atoms with Gasteiger partial charge in [0.15, 0.2) is 0 Å². The molecule has 0 aliphatic carbocycles. The molecule has 0 fully saturated rings. The normalized spacial score (nSPS) is 13.2. The van der Waals surface area contributed by atoms with Crippen molar-refractivity contribution in [2.24, 2.45) is 17.8 Å². The van der Waals surface area contributed by atoms with Gasteiger partial charge in [-0.25, -0.2) is 0 Å². The van der Waals surface area contributed by atoms with Gasteiger partial charge in [-0.2, -0.15) is 0 Å². The van der Waals surface area contributed by atoms with Crippen LogP contribution in [0.25, 0.3) is 0 Å². The smallest absolute Gasteiger partial charge is 0.0716 e. The maximum Gasteiger partial charge on any atom is 0.0716 e. The van der Waals surface area contributed by atoms with E-state index in [1.54, 1.807) is 0 Å². The van der Waals surface area contributed by atoms with Gasteiger partial charge in [-0.15, -0.1) is 0 Å². The molecule has 1 aromatic rings. The third-order valence-corrected chi connectivity index (χ3v) is 3.80. The molecule has 0 heterocycles. The van der Waals surface area contributed by atoms with Crippen LogP contribution < -0.4 is 0 Å². The van der Waals surface area contributed by atoms with E-state index in [0.717, 1.165) is 31.0 Å². The molecule has 0 radical (unpaired) electrons. The number of rotatable bonds is 9. The lowest BCUT2D eigenvalue weighted by Gasteiger charge is -2.21. The Hall–Kier alpha value is -0.820. The van der Waals surface area contributed by atoms with Crippen LogP contribution in [0.15, 0.2) is 30.3 Å². The molecule has 108 valence electrons. The second kappa shape index (κ2) is 9.14. The topological polar surface area (TPSA) is 9.23 Å². The first-order chi connectivity index (χ1) is 9.09.